The summed E-state index contributed by atoms with van der Waals surface area (Å²) in [5.74, 6) is 0.700. The summed E-state index contributed by atoms with van der Waals surface area (Å²) in [4.78, 5) is 0.338. The lowest BCUT2D eigenvalue weighted by Crippen LogP contribution is -2.44. The molecular weight excluding hydrogens is 324 g/mol. The summed E-state index contributed by atoms with van der Waals surface area (Å²) in [5, 5.41) is 0. The predicted octanol–water partition coefficient (Wildman–Crippen LogP) is 2.32. The first-order valence-corrected chi connectivity index (χ1v) is 8.81. The molecule has 0 radical (unpaired) electrons. The normalized spacial score (nSPS) is 19.5. The molecule has 0 aromatic heterocycles. The zero-order chi connectivity index (χ0) is 15.5. The van der Waals surface area contributed by atoms with Crippen molar-refractivity contribution in [1.29, 1.82) is 0 Å². The fourth-order valence-corrected chi connectivity index (χ4v) is 4.73. The number of halogens is 1. The van der Waals surface area contributed by atoms with Gasteiger partial charge >= 0.3 is 0 Å². The van der Waals surface area contributed by atoms with Crippen LogP contribution in [0.15, 0.2) is 23.1 Å². The maximum Gasteiger partial charge on any atom is 0.243 e. The van der Waals surface area contributed by atoms with Crippen LogP contribution in [0.5, 0.6) is 5.75 Å². The number of methoxy groups -OCH3 is 1. The van der Waals surface area contributed by atoms with Crippen molar-refractivity contribution in [2.45, 2.75) is 43.5 Å². The van der Waals surface area contributed by atoms with E-state index in [1.165, 1.54) is 0 Å². The molecule has 0 aliphatic carbocycles. The molecule has 1 aromatic rings. The molecule has 0 spiro atoms. The highest BCUT2D eigenvalue weighted by atomic mass is 35.5. The molecular formula is C15H25ClN2O3S. The summed E-state index contributed by atoms with van der Waals surface area (Å²) in [7, 11) is -1.88. The zero-order valence-corrected chi connectivity index (χ0v) is 14.8. The van der Waals surface area contributed by atoms with Gasteiger partial charge in [-0.1, -0.05) is 6.42 Å². The van der Waals surface area contributed by atoms with Gasteiger partial charge in [0.1, 0.15) is 5.75 Å². The second-order valence-electron chi connectivity index (χ2n) is 5.47. The van der Waals surface area contributed by atoms with Gasteiger partial charge in [0.2, 0.25) is 10.0 Å². The van der Waals surface area contributed by atoms with Gasteiger partial charge in [-0.2, -0.15) is 4.31 Å². The topological polar surface area (TPSA) is 72.6 Å². The van der Waals surface area contributed by atoms with E-state index >= 15 is 0 Å². The Bertz CT molecular complexity index is 590. The zero-order valence-electron chi connectivity index (χ0n) is 13.1. The maximum atomic E-state index is 12.9. The van der Waals surface area contributed by atoms with E-state index < -0.39 is 10.0 Å². The molecule has 5 nitrogen and oxygen atoms in total. The molecule has 1 unspecified atom stereocenters. The summed E-state index contributed by atoms with van der Waals surface area (Å²) in [6.45, 7) is 2.95. The fourth-order valence-electron chi connectivity index (χ4n) is 2.92. The molecule has 126 valence electrons. The minimum absolute atomic E-state index is 0. The van der Waals surface area contributed by atoms with Gasteiger partial charge in [-0.25, -0.2) is 8.42 Å². The first kappa shape index (κ1) is 19.2. The minimum atomic E-state index is -3.46. The van der Waals surface area contributed by atoms with Crippen LogP contribution >= 0.6 is 12.4 Å². The van der Waals surface area contributed by atoms with Crippen LogP contribution in [-0.4, -0.2) is 39.0 Å². The van der Waals surface area contributed by atoms with E-state index in [2.05, 4.69) is 0 Å². The minimum Gasteiger partial charge on any atom is -0.496 e. The summed E-state index contributed by atoms with van der Waals surface area (Å²) < 4.78 is 32.6. The molecule has 22 heavy (non-hydrogen) atoms. The third kappa shape index (κ3) is 3.93. The number of hydrogen-bond acceptors (Lipinski definition) is 4. The van der Waals surface area contributed by atoms with Crippen molar-refractivity contribution < 1.29 is 13.2 Å². The Hall–Kier alpha value is -0.820. The first-order chi connectivity index (χ1) is 10.0. The average molecular weight is 349 g/mol. The molecule has 0 saturated carbocycles. The van der Waals surface area contributed by atoms with Gasteiger partial charge in [-0.15, -0.1) is 12.4 Å². The van der Waals surface area contributed by atoms with Crippen LogP contribution in [0, 0.1) is 6.92 Å². The number of nitrogens with zero attached hydrogens (tertiary/aromatic N) is 1. The monoisotopic (exact) mass is 348 g/mol. The van der Waals surface area contributed by atoms with E-state index in [1.54, 1.807) is 29.6 Å². The SMILES string of the molecule is COc1ccc(S(=O)(=O)N2CCCCC2CCN)cc1C.Cl. The number of piperidine rings is 1. The third-order valence-corrected chi connectivity index (χ3v) is 5.99. The van der Waals surface area contributed by atoms with Crippen molar-refractivity contribution in [1.82, 2.24) is 4.31 Å². The fraction of sp³-hybridized carbons (Fsp3) is 0.600. The van der Waals surface area contributed by atoms with Crippen LogP contribution in [0.1, 0.15) is 31.2 Å². The number of benzene rings is 1. The quantitative estimate of drug-likeness (QED) is 0.886. The largest absolute Gasteiger partial charge is 0.496 e. The van der Waals surface area contributed by atoms with Crippen LogP contribution in [0.3, 0.4) is 0 Å². The van der Waals surface area contributed by atoms with Crippen molar-refractivity contribution in [2.75, 3.05) is 20.2 Å². The predicted molar refractivity (Wildman–Crippen MR) is 90.2 cm³/mol. The molecule has 1 saturated heterocycles. The van der Waals surface area contributed by atoms with Crippen LogP contribution in [0.2, 0.25) is 0 Å². The van der Waals surface area contributed by atoms with Crippen molar-refractivity contribution in [3.8, 4) is 5.75 Å². The Balaban J connectivity index is 0.00000242. The van der Waals surface area contributed by atoms with Crippen LogP contribution in [0.4, 0.5) is 0 Å². The lowest BCUT2D eigenvalue weighted by Gasteiger charge is -2.34. The summed E-state index contributed by atoms with van der Waals surface area (Å²) in [6.07, 6.45) is 3.59. The molecule has 1 aliphatic heterocycles. The smallest absolute Gasteiger partial charge is 0.243 e. The highest BCUT2D eigenvalue weighted by Gasteiger charge is 2.33. The lowest BCUT2D eigenvalue weighted by atomic mass is 10.0. The number of aryl methyl sites for hydroxylation is 1. The van der Waals surface area contributed by atoms with Gasteiger partial charge in [0, 0.05) is 12.6 Å². The van der Waals surface area contributed by atoms with Crippen LogP contribution in [-0.2, 0) is 10.0 Å². The molecule has 2 rings (SSSR count). The van der Waals surface area contributed by atoms with Gasteiger partial charge in [-0.3, -0.25) is 0 Å². The highest BCUT2D eigenvalue weighted by molar-refractivity contribution is 7.89. The number of sulfonamides is 1. The first-order valence-electron chi connectivity index (χ1n) is 7.37. The average Bonchev–Trinajstić information content (AvgIpc) is 2.48. The van der Waals surface area contributed by atoms with Gasteiger partial charge in [0.15, 0.2) is 0 Å². The van der Waals surface area contributed by atoms with Crippen molar-refractivity contribution in [2.24, 2.45) is 5.73 Å². The molecule has 2 N–H and O–H groups in total. The molecule has 1 aliphatic rings. The second-order valence-corrected chi connectivity index (χ2v) is 7.36. The number of nitrogens with two attached hydrogens (primary N) is 1. The van der Waals surface area contributed by atoms with E-state index in [0.29, 0.717) is 30.2 Å². The Kier molecular flexibility index (Phi) is 7.12. The van der Waals surface area contributed by atoms with E-state index in [9.17, 15) is 8.42 Å². The van der Waals surface area contributed by atoms with E-state index in [4.69, 9.17) is 10.5 Å². The number of rotatable bonds is 5. The van der Waals surface area contributed by atoms with Crippen molar-refractivity contribution in [3.63, 3.8) is 0 Å². The molecule has 1 aromatic carbocycles. The van der Waals surface area contributed by atoms with E-state index in [-0.39, 0.29) is 18.4 Å². The van der Waals surface area contributed by atoms with Gasteiger partial charge in [-0.05, 0) is 56.5 Å². The highest BCUT2D eigenvalue weighted by Crippen LogP contribution is 2.29. The molecule has 0 amide bonds. The molecule has 1 fully saturated rings. The molecule has 1 heterocycles. The van der Waals surface area contributed by atoms with Gasteiger partial charge in [0.05, 0.1) is 12.0 Å². The summed E-state index contributed by atoms with van der Waals surface area (Å²) >= 11 is 0. The molecule has 1 atom stereocenters. The summed E-state index contributed by atoms with van der Waals surface area (Å²) in [5.41, 5.74) is 6.45. The van der Waals surface area contributed by atoms with E-state index in [1.807, 2.05) is 6.92 Å². The third-order valence-electron chi connectivity index (χ3n) is 4.05. The van der Waals surface area contributed by atoms with Gasteiger partial charge in [0.25, 0.3) is 0 Å². The number of hydrogen-bond donors (Lipinski definition) is 1. The Morgan fingerprint density at radius 1 is 1.36 bits per heavy atom. The van der Waals surface area contributed by atoms with Crippen LogP contribution < -0.4 is 10.5 Å². The standard InChI is InChI=1S/C15H24N2O3S.ClH/c1-12-11-14(6-7-15(12)20-2)21(18,19)17-10-4-3-5-13(17)8-9-16;/h6-7,11,13H,3-5,8-10,16H2,1-2H3;1H. The second kappa shape index (κ2) is 8.15. The van der Waals surface area contributed by atoms with Crippen LogP contribution in [0.25, 0.3) is 0 Å². The van der Waals surface area contributed by atoms with Crippen molar-refractivity contribution in [3.05, 3.63) is 23.8 Å². The molecule has 7 heteroatoms. The Morgan fingerprint density at radius 2 is 2.09 bits per heavy atom. The Labute approximate surface area is 139 Å². The molecule has 0 bridgehead atoms. The Morgan fingerprint density at radius 3 is 2.68 bits per heavy atom. The van der Waals surface area contributed by atoms with Gasteiger partial charge < -0.3 is 10.5 Å². The van der Waals surface area contributed by atoms with E-state index in [0.717, 1.165) is 24.8 Å². The lowest BCUT2D eigenvalue weighted by molar-refractivity contribution is 0.243. The summed E-state index contributed by atoms with van der Waals surface area (Å²) in [6, 6.07) is 5.04. The van der Waals surface area contributed by atoms with Crippen molar-refractivity contribution >= 4 is 22.4 Å². The number of ether oxygens (including phenoxy) is 1. The maximum absolute atomic E-state index is 12.9.